The number of carbonyl (C=O) groups excluding carboxylic acids is 1. The Morgan fingerprint density at radius 1 is 1.22 bits per heavy atom. The summed E-state index contributed by atoms with van der Waals surface area (Å²) in [5.74, 6) is 1.78. The van der Waals surface area contributed by atoms with E-state index in [1.807, 2.05) is 4.90 Å². The molecule has 2 heterocycles. The molecule has 1 fully saturated rings. The highest BCUT2D eigenvalue weighted by Gasteiger charge is 2.25. The van der Waals surface area contributed by atoms with Crippen LogP contribution >= 0.6 is 12.4 Å². The minimum absolute atomic E-state index is 0. The van der Waals surface area contributed by atoms with Gasteiger partial charge < -0.3 is 19.7 Å². The molecule has 2 aliphatic heterocycles. The van der Waals surface area contributed by atoms with Gasteiger partial charge in [0.1, 0.15) is 13.2 Å². The lowest BCUT2D eigenvalue weighted by Crippen LogP contribution is -2.46. The van der Waals surface area contributed by atoms with Crippen LogP contribution in [-0.4, -0.2) is 59.7 Å². The molecule has 1 saturated heterocycles. The van der Waals surface area contributed by atoms with Gasteiger partial charge >= 0.3 is 0 Å². The number of ether oxygens (including phenoxy) is 2. The summed E-state index contributed by atoms with van der Waals surface area (Å²) in [5, 5.41) is 3.34. The largest absolute Gasteiger partial charge is 0.486 e. The van der Waals surface area contributed by atoms with Crippen molar-refractivity contribution in [3.05, 3.63) is 18.2 Å². The van der Waals surface area contributed by atoms with Crippen LogP contribution in [0.1, 0.15) is 32.6 Å². The maximum Gasteiger partial charge on any atom is 0.223 e. The quantitative estimate of drug-likeness (QED) is 0.739. The van der Waals surface area contributed by atoms with E-state index in [-0.39, 0.29) is 18.3 Å². The van der Waals surface area contributed by atoms with Crippen molar-refractivity contribution in [3.63, 3.8) is 0 Å². The Morgan fingerprint density at radius 3 is 2.63 bits per heavy atom. The first kappa shape index (κ1) is 22.0. The van der Waals surface area contributed by atoms with E-state index >= 15 is 0 Å². The number of halogens is 1. The van der Waals surface area contributed by atoms with Crippen molar-refractivity contribution in [3.8, 4) is 11.5 Å². The molecule has 0 aromatic heterocycles. The molecule has 1 aromatic carbocycles. The highest BCUT2D eigenvalue weighted by Crippen LogP contribution is 2.31. The summed E-state index contributed by atoms with van der Waals surface area (Å²) in [6, 6.07) is 5.67. The third kappa shape index (κ3) is 5.83. The highest BCUT2D eigenvalue weighted by atomic mass is 35.5. The Bertz CT molecular complexity index is 653. The minimum atomic E-state index is -1.22. The number of amides is 1. The molecule has 0 aliphatic carbocycles. The van der Waals surface area contributed by atoms with Crippen LogP contribution in [0.25, 0.3) is 0 Å². The number of hydrogen-bond acceptors (Lipinski definition) is 5. The van der Waals surface area contributed by atoms with E-state index in [1.54, 1.807) is 18.2 Å². The van der Waals surface area contributed by atoms with Crippen LogP contribution in [0.2, 0.25) is 0 Å². The van der Waals surface area contributed by atoms with Crippen molar-refractivity contribution in [2.45, 2.75) is 43.5 Å². The molecule has 1 aromatic rings. The highest BCUT2D eigenvalue weighted by molar-refractivity contribution is 7.85. The Hall–Kier alpha value is -1.31. The first-order valence-corrected chi connectivity index (χ1v) is 10.8. The molecule has 1 atom stereocenters. The minimum Gasteiger partial charge on any atom is -0.486 e. The topological polar surface area (TPSA) is 67.9 Å². The SMILES string of the molecule is CCCN(C(=O)CCS(=O)c1ccc2c(c1)OCCO2)C1CCNCC1.Cl. The lowest BCUT2D eigenvalue weighted by molar-refractivity contribution is -0.133. The number of carbonyl (C=O) groups is 1. The molecule has 0 bridgehead atoms. The van der Waals surface area contributed by atoms with Gasteiger partial charge in [-0.25, -0.2) is 0 Å². The summed E-state index contributed by atoms with van der Waals surface area (Å²) < 4.78 is 23.7. The first-order chi connectivity index (χ1) is 12.7. The zero-order valence-corrected chi connectivity index (χ0v) is 17.4. The summed E-state index contributed by atoms with van der Waals surface area (Å²) in [7, 11) is -1.22. The molecule has 2 aliphatic rings. The molecule has 1 unspecified atom stereocenters. The predicted molar refractivity (Wildman–Crippen MR) is 108 cm³/mol. The van der Waals surface area contributed by atoms with Gasteiger partial charge in [-0.3, -0.25) is 9.00 Å². The van der Waals surface area contributed by atoms with Crippen molar-refractivity contribution >= 4 is 29.1 Å². The Kier molecular flexibility index (Phi) is 8.86. The molecule has 3 rings (SSSR count). The molecule has 0 saturated carbocycles. The van der Waals surface area contributed by atoms with Gasteiger partial charge in [-0.2, -0.15) is 0 Å². The third-order valence-electron chi connectivity index (χ3n) is 4.81. The monoisotopic (exact) mass is 416 g/mol. The van der Waals surface area contributed by atoms with Crippen LogP contribution in [0.5, 0.6) is 11.5 Å². The fourth-order valence-electron chi connectivity index (χ4n) is 3.48. The zero-order chi connectivity index (χ0) is 18.4. The van der Waals surface area contributed by atoms with Gasteiger partial charge in [0.25, 0.3) is 0 Å². The second kappa shape index (κ2) is 10.9. The smallest absolute Gasteiger partial charge is 0.223 e. The summed E-state index contributed by atoms with van der Waals surface area (Å²) >= 11 is 0. The maximum atomic E-state index is 12.7. The van der Waals surface area contributed by atoms with E-state index in [9.17, 15) is 9.00 Å². The average Bonchev–Trinajstić information content (AvgIpc) is 2.70. The van der Waals surface area contributed by atoms with Gasteiger partial charge in [-0.1, -0.05) is 6.92 Å². The zero-order valence-electron chi connectivity index (χ0n) is 15.8. The number of benzene rings is 1. The van der Waals surface area contributed by atoms with Crippen LogP contribution in [0.15, 0.2) is 23.1 Å². The molecular weight excluding hydrogens is 388 g/mol. The van der Waals surface area contributed by atoms with Crippen molar-refractivity contribution in [2.24, 2.45) is 0 Å². The summed E-state index contributed by atoms with van der Waals surface area (Å²) in [5.41, 5.74) is 0. The van der Waals surface area contributed by atoms with Gasteiger partial charge in [-0.15, -0.1) is 12.4 Å². The lowest BCUT2D eigenvalue weighted by atomic mass is 10.0. The van der Waals surface area contributed by atoms with Gasteiger partial charge in [0.2, 0.25) is 5.91 Å². The summed E-state index contributed by atoms with van der Waals surface area (Å²) in [6.45, 7) is 5.83. The van der Waals surface area contributed by atoms with Crippen LogP contribution in [0.4, 0.5) is 0 Å². The van der Waals surface area contributed by atoms with Crippen molar-refractivity contribution in [1.82, 2.24) is 10.2 Å². The number of nitrogens with zero attached hydrogens (tertiary/aromatic N) is 1. The normalized spacial score (nSPS) is 17.7. The molecular formula is C19H29ClN2O4S. The standard InChI is InChI=1S/C19H28N2O4S.ClH/c1-2-10-21(15-5-8-20-9-6-15)19(22)7-13-26(23)16-3-4-17-18(14-16)25-12-11-24-17;/h3-4,14-15,20H,2,5-13H2,1H3;1H. The first-order valence-electron chi connectivity index (χ1n) is 9.47. The second-order valence-corrected chi connectivity index (χ2v) is 8.24. The number of nitrogens with one attached hydrogen (secondary N) is 1. The van der Waals surface area contributed by atoms with Gasteiger partial charge in [-0.05, 0) is 44.5 Å². The molecule has 27 heavy (non-hydrogen) atoms. The van der Waals surface area contributed by atoms with E-state index < -0.39 is 10.8 Å². The Morgan fingerprint density at radius 2 is 1.93 bits per heavy atom. The second-order valence-electron chi connectivity index (χ2n) is 6.67. The molecule has 1 amide bonds. The third-order valence-corrected chi connectivity index (χ3v) is 6.17. The van der Waals surface area contributed by atoms with Crippen molar-refractivity contribution < 1.29 is 18.5 Å². The van der Waals surface area contributed by atoms with Crippen LogP contribution in [0, 0.1) is 0 Å². The Balaban J connectivity index is 0.00000261. The van der Waals surface area contributed by atoms with Crippen LogP contribution in [0.3, 0.4) is 0 Å². The maximum absolute atomic E-state index is 12.7. The molecule has 0 spiro atoms. The van der Waals surface area contributed by atoms with Gasteiger partial charge in [0.05, 0.1) is 10.8 Å². The molecule has 1 N–H and O–H groups in total. The summed E-state index contributed by atoms with van der Waals surface area (Å²) in [6.07, 6.45) is 3.25. The average molecular weight is 417 g/mol. The van der Waals surface area contributed by atoms with Crippen molar-refractivity contribution in [2.75, 3.05) is 38.6 Å². The number of piperidine rings is 1. The molecule has 152 valence electrons. The lowest BCUT2D eigenvalue weighted by Gasteiger charge is -2.34. The van der Waals surface area contributed by atoms with Crippen LogP contribution < -0.4 is 14.8 Å². The van der Waals surface area contributed by atoms with E-state index in [0.29, 0.717) is 47.8 Å². The van der Waals surface area contributed by atoms with E-state index in [4.69, 9.17) is 9.47 Å². The number of hydrogen-bond donors (Lipinski definition) is 1. The fourth-order valence-corrected chi connectivity index (χ4v) is 4.53. The van der Waals surface area contributed by atoms with E-state index in [2.05, 4.69) is 12.2 Å². The molecule has 6 nitrogen and oxygen atoms in total. The van der Waals surface area contributed by atoms with Gasteiger partial charge in [0, 0.05) is 35.7 Å². The predicted octanol–water partition coefficient (Wildman–Crippen LogP) is 2.37. The fraction of sp³-hybridized carbons (Fsp3) is 0.632. The number of fused-ring (bicyclic) bond motifs is 1. The number of rotatable bonds is 7. The van der Waals surface area contributed by atoms with E-state index in [0.717, 1.165) is 38.9 Å². The molecule has 0 radical (unpaired) electrons. The summed E-state index contributed by atoms with van der Waals surface area (Å²) in [4.78, 5) is 15.4. The van der Waals surface area contributed by atoms with E-state index in [1.165, 1.54) is 0 Å². The van der Waals surface area contributed by atoms with Crippen molar-refractivity contribution in [1.29, 1.82) is 0 Å². The van der Waals surface area contributed by atoms with Crippen LogP contribution in [-0.2, 0) is 15.6 Å². The van der Waals surface area contributed by atoms with Gasteiger partial charge in [0.15, 0.2) is 11.5 Å². The Labute approximate surface area is 169 Å². The molecule has 8 heteroatoms.